The lowest BCUT2D eigenvalue weighted by Gasteiger charge is -2.22. The van der Waals surface area contributed by atoms with Crippen molar-refractivity contribution in [2.24, 2.45) is 0 Å². The largest absolute Gasteiger partial charge is 0.466 e. The number of nitrogens with one attached hydrogen (secondary N) is 1. The van der Waals surface area contributed by atoms with Crippen LogP contribution in [0.4, 0.5) is 0 Å². The maximum absolute atomic E-state index is 12.5. The Morgan fingerprint density at radius 1 is 0.391 bits per heavy atom. The third-order valence-electron chi connectivity index (χ3n) is 14.8. The smallest absolute Gasteiger partial charge is 0.305 e. The van der Waals surface area contributed by atoms with Crippen LogP contribution in [0.2, 0.25) is 0 Å². The number of carbonyl (C=O) groups excluding carboxylic acids is 2. The Bertz CT molecular complexity index is 1030. The standard InChI is InChI=1S/C63H123NO5/c1-3-5-7-9-11-13-15-17-18-19-20-22-25-28-32-35-39-43-47-51-55-61(66)60(59-65)64-62(67)56-52-48-44-40-36-33-29-26-23-21-24-27-30-34-38-42-46-50-54-58-69-63(68)57-53-49-45-41-37-31-16-14-12-10-8-6-4-2/h14,16,60-61,65-66H,3-13,15,17-59H2,1-2H3,(H,64,67)/b16-14-. The quantitative estimate of drug-likeness (QED) is 0.0321. The van der Waals surface area contributed by atoms with Crippen LogP contribution in [0.25, 0.3) is 0 Å². The van der Waals surface area contributed by atoms with Gasteiger partial charge in [-0.3, -0.25) is 9.59 Å². The number of carbonyl (C=O) groups is 2. The lowest BCUT2D eigenvalue weighted by atomic mass is 10.0. The van der Waals surface area contributed by atoms with E-state index in [1.54, 1.807) is 0 Å². The normalized spacial score (nSPS) is 12.6. The summed E-state index contributed by atoms with van der Waals surface area (Å²) in [5, 5.41) is 23.4. The number of hydrogen-bond donors (Lipinski definition) is 3. The van der Waals surface area contributed by atoms with Crippen molar-refractivity contribution in [3.05, 3.63) is 12.2 Å². The Balaban J connectivity index is 3.40. The van der Waals surface area contributed by atoms with Crippen LogP contribution in [0.3, 0.4) is 0 Å². The van der Waals surface area contributed by atoms with Crippen molar-refractivity contribution in [3.8, 4) is 0 Å². The van der Waals surface area contributed by atoms with Crippen molar-refractivity contribution < 1.29 is 24.5 Å². The van der Waals surface area contributed by atoms with Crippen LogP contribution in [0.15, 0.2) is 12.2 Å². The fraction of sp³-hybridized carbons (Fsp3) is 0.937. The minimum Gasteiger partial charge on any atom is -0.466 e. The van der Waals surface area contributed by atoms with Gasteiger partial charge in [0.25, 0.3) is 0 Å². The van der Waals surface area contributed by atoms with Crippen molar-refractivity contribution in [1.29, 1.82) is 0 Å². The van der Waals surface area contributed by atoms with Crippen LogP contribution in [-0.4, -0.2) is 47.4 Å². The molecule has 0 aromatic heterocycles. The maximum Gasteiger partial charge on any atom is 0.305 e. The molecule has 2 unspecified atom stereocenters. The van der Waals surface area contributed by atoms with Crippen LogP contribution in [0, 0.1) is 0 Å². The molecule has 0 aromatic rings. The number of esters is 1. The molecule has 0 heterocycles. The van der Waals surface area contributed by atoms with Gasteiger partial charge in [-0.25, -0.2) is 0 Å². The van der Waals surface area contributed by atoms with Crippen LogP contribution >= 0.6 is 0 Å². The van der Waals surface area contributed by atoms with Crippen molar-refractivity contribution in [1.82, 2.24) is 5.32 Å². The molecule has 0 rings (SSSR count). The molecular formula is C63H123NO5. The van der Waals surface area contributed by atoms with E-state index in [0.29, 0.717) is 25.9 Å². The zero-order valence-electron chi connectivity index (χ0n) is 46.8. The molecule has 0 aliphatic carbocycles. The number of hydrogen-bond acceptors (Lipinski definition) is 5. The highest BCUT2D eigenvalue weighted by atomic mass is 16.5. The van der Waals surface area contributed by atoms with Gasteiger partial charge in [-0.2, -0.15) is 0 Å². The molecule has 2 atom stereocenters. The number of aliphatic hydroxyl groups excluding tert-OH is 2. The van der Waals surface area contributed by atoms with Gasteiger partial charge in [0.05, 0.1) is 25.4 Å². The Labute approximate surface area is 431 Å². The lowest BCUT2D eigenvalue weighted by molar-refractivity contribution is -0.143. The van der Waals surface area contributed by atoms with Crippen LogP contribution in [0.1, 0.15) is 354 Å². The van der Waals surface area contributed by atoms with Gasteiger partial charge in [-0.05, 0) is 51.4 Å². The number of aliphatic hydroxyl groups is 2. The molecule has 0 saturated carbocycles. The van der Waals surface area contributed by atoms with Crippen molar-refractivity contribution >= 4 is 11.9 Å². The van der Waals surface area contributed by atoms with Crippen LogP contribution < -0.4 is 5.32 Å². The first kappa shape index (κ1) is 67.6. The molecule has 0 radical (unpaired) electrons. The van der Waals surface area contributed by atoms with E-state index in [0.717, 1.165) is 44.9 Å². The van der Waals surface area contributed by atoms with E-state index in [1.807, 2.05) is 0 Å². The topological polar surface area (TPSA) is 95.9 Å². The van der Waals surface area contributed by atoms with Crippen LogP contribution in [0.5, 0.6) is 0 Å². The van der Waals surface area contributed by atoms with Gasteiger partial charge < -0.3 is 20.3 Å². The summed E-state index contributed by atoms with van der Waals surface area (Å²) in [6, 6.07) is -0.544. The molecule has 0 fully saturated rings. The van der Waals surface area contributed by atoms with Gasteiger partial charge in [0.15, 0.2) is 0 Å². The highest BCUT2D eigenvalue weighted by Crippen LogP contribution is 2.18. The molecule has 0 bridgehead atoms. The summed E-state index contributed by atoms with van der Waals surface area (Å²) in [5.41, 5.74) is 0. The molecule has 1 amide bonds. The molecule has 69 heavy (non-hydrogen) atoms. The van der Waals surface area contributed by atoms with E-state index in [1.165, 1.54) is 276 Å². The first-order valence-corrected chi connectivity index (χ1v) is 31.4. The molecule has 0 saturated heterocycles. The summed E-state index contributed by atoms with van der Waals surface area (Å²) in [6.45, 7) is 4.96. The third-order valence-corrected chi connectivity index (χ3v) is 14.8. The van der Waals surface area contributed by atoms with E-state index >= 15 is 0 Å². The van der Waals surface area contributed by atoms with Gasteiger partial charge in [-0.15, -0.1) is 0 Å². The summed E-state index contributed by atoms with van der Waals surface area (Å²) in [6.07, 6.45) is 70.7. The molecular weight excluding hydrogens is 851 g/mol. The molecule has 410 valence electrons. The average Bonchev–Trinajstić information content (AvgIpc) is 3.35. The minimum atomic E-state index is -0.666. The van der Waals surface area contributed by atoms with E-state index in [2.05, 4.69) is 31.3 Å². The zero-order chi connectivity index (χ0) is 50.0. The SMILES string of the molecule is CCCCCC/C=C\CCCCCCCC(=O)OCCCCCCCCCCCCCCCCCCCCCC(=O)NC(CO)C(O)CCCCCCCCCCCCCCCCCCCCCC. The minimum absolute atomic E-state index is 0.000739. The number of amides is 1. The van der Waals surface area contributed by atoms with Gasteiger partial charge in [-0.1, -0.05) is 302 Å². The van der Waals surface area contributed by atoms with Gasteiger partial charge in [0.1, 0.15) is 0 Å². The van der Waals surface area contributed by atoms with Gasteiger partial charge in [0, 0.05) is 12.8 Å². The second-order valence-corrected chi connectivity index (χ2v) is 21.7. The summed E-state index contributed by atoms with van der Waals surface area (Å²) in [5.74, 6) is -0.0334. The fourth-order valence-electron chi connectivity index (χ4n) is 9.99. The molecule has 0 aromatic carbocycles. The van der Waals surface area contributed by atoms with Crippen molar-refractivity contribution in [2.75, 3.05) is 13.2 Å². The fourth-order valence-corrected chi connectivity index (χ4v) is 9.99. The molecule has 6 nitrogen and oxygen atoms in total. The molecule has 0 aliphatic rings. The molecule has 3 N–H and O–H groups in total. The van der Waals surface area contributed by atoms with E-state index in [9.17, 15) is 19.8 Å². The molecule has 0 aliphatic heterocycles. The monoisotopic (exact) mass is 974 g/mol. The Morgan fingerprint density at radius 2 is 0.681 bits per heavy atom. The first-order valence-electron chi connectivity index (χ1n) is 31.4. The number of unbranched alkanes of at least 4 members (excludes halogenated alkanes) is 46. The van der Waals surface area contributed by atoms with Gasteiger partial charge >= 0.3 is 5.97 Å². The third kappa shape index (κ3) is 55.8. The Morgan fingerprint density at radius 3 is 1.04 bits per heavy atom. The summed E-state index contributed by atoms with van der Waals surface area (Å²) in [4.78, 5) is 24.5. The van der Waals surface area contributed by atoms with E-state index in [4.69, 9.17) is 4.74 Å². The highest BCUT2D eigenvalue weighted by Gasteiger charge is 2.20. The molecule has 0 spiro atoms. The lowest BCUT2D eigenvalue weighted by Crippen LogP contribution is -2.45. The maximum atomic E-state index is 12.5. The Hall–Kier alpha value is -1.40. The first-order chi connectivity index (χ1) is 34.0. The van der Waals surface area contributed by atoms with Gasteiger partial charge in [0.2, 0.25) is 5.91 Å². The zero-order valence-corrected chi connectivity index (χ0v) is 46.8. The number of ether oxygens (including phenoxy) is 1. The van der Waals surface area contributed by atoms with Crippen molar-refractivity contribution in [3.63, 3.8) is 0 Å². The van der Waals surface area contributed by atoms with Crippen molar-refractivity contribution in [2.45, 2.75) is 366 Å². The predicted molar refractivity (Wildman–Crippen MR) is 301 cm³/mol. The average molecular weight is 975 g/mol. The summed E-state index contributed by atoms with van der Waals surface area (Å²) in [7, 11) is 0. The highest BCUT2D eigenvalue weighted by molar-refractivity contribution is 5.76. The molecule has 6 heteroatoms. The number of allylic oxidation sites excluding steroid dienone is 2. The number of rotatable bonds is 59. The second-order valence-electron chi connectivity index (χ2n) is 21.7. The van der Waals surface area contributed by atoms with E-state index < -0.39 is 12.1 Å². The summed E-state index contributed by atoms with van der Waals surface area (Å²) < 4.78 is 5.47. The van der Waals surface area contributed by atoms with E-state index in [-0.39, 0.29) is 18.5 Å². The Kier molecular flexibility index (Phi) is 58.0. The van der Waals surface area contributed by atoms with Crippen LogP contribution in [-0.2, 0) is 14.3 Å². The second kappa shape index (κ2) is 59.2. The summed E-state index contributed by atoms with van der Waals surface area (Å²) >= 11 is 0. The predicted octanol–water partition coefficient (Wildman–Crippen LogP) is 19.6.